The number of fused-ring (bicyclic) bond motifs is 1. The summed E-state index contributed by atoms with van der Waals surface area (Å²) in [5, 5.41) is 16.7. The molecule has 4 heterocycles. The first-order valence-electron chi connectivity index (χ1n) is 8.47. The molecule has 4 aromatic heterocycles. The predicted octanol–water partition coefficient (Wildman–Crippen LogP) is 2.22. The van der Waals surface area contributed by atoms with Gasteiger partial charge in [-0.1, -0.05) is 11.2 Å². The molecule has 0 aliphatic carbocycles. The molecular formula is C18H18N6O4. The Morgan fingerprint density at radius 2 is 2.00 bits per heavy atom. The molecule has 28 heavy (non-hydrogen) atoms. The van der Waals surface area contributed by atoms with Gasteiger partial charge in [0.1, 0.15) is 12.4 Å². The van der Waals surface area contributed by atoms with Crippen molar-refractivity contribution in [3.8, 4) is 23.1 Å². The SMILES string of the molecule is COCc1ccc(COc2nn3c(-c4cc(C)on4)nnc3cc2OC)nc1. The van der Waals surface area contributed by atoms with Crippen molar-refractivity contribution < 1.29 is 18.7 Å². The summed E-state index contributed by atoms with van der Waals surface area (Å²) < 4.78 is 22.9. The van der Waals surface area contributed by atoms with E-state index in [1.807, 2.05) is 12.1 Å². The lowest BCUT2D eigenvalue weighted by molar-refractivity contribution is 0.184. The van der Waals surface area contributed by atoms with Crippen molar-refractivity contribution in [2.45, 2.75) is 20.1 Å². The lowest BCUT2D eigenvalue weighted by Crippen LogP contribution is -2.05. The van der Waals surface area contributed by atoms with Gasteiger partial charge in [-0.15, -0.1) is 15.3 Å². The number of methoxy groups -OCH3 is 2. The van der Waals surface area contributed by atoms with Gasteiger partial charge in [0.15, 0.2) is 17.1 Å². The lowest BCUT2D eigenvalue weighted by Gasteiger charge is -2.10. The fourth-order valence-electron chi connectivity index (χ4n) is 2.61. The molecular weight excluding hydrogens is 364 g/mol. The molecule has 0 aliphatic rings. The summed E-state index contributed by atoms with van der Waals surface area (Å²) in [7, 11) is 3.18. The number of hydrogen-bond acceptors (Lipinski definition) is 9. The highest BCUT2D eigenvalue weighted by Crippen LogP contribution is 2.28. The van der Waals surface area contributed by atoms with Gasteiger partial charge in [0.25, 0.3) is 5.88 Å². The second kappa shape index (κ2) is 7.61. The highest BCUT2D eigenvalue weighted by molar-refractivity contribution is 5.56. The lowest BCUT2D eigenvalue weighted by atomic mass is 10.2. The van der Waals surface area contributed by atoms with E-state index in [9.17, 15) is 0 Å². The summed E-state index contributed by atoms with van der Waals surface area (Å²) in [5.41, 5.74) is 2.77. The topological polar surface area (TPSA) is 110 Å². The van der Waals surface area contributed by atoms with E-state index < -0.39 is 0 Å². The van der Waals surface area contributed by atoms with Crippen LogP contribution in [0.4, 0.5) is 0 Å². The van der Waals surface area contributed by atoms with E-state index >= 15 is 0 Å². The summed E-state index contributed by atoms with van der Waals surface area (Å²) in [6.45, 7) is 2.54. The molecule has 0 amide bonds. The first kappa shape index (κ1) is 17.9. The van der Waals surface area contributed by atoms with Crippen molar-refractivity contribution in [3.63, 3.8) is 0 Å². The Balaban J connectivity index is 1.61. The van der Waals surface area contributed by atoms with Crippen LogP contribution in [0.5, 0.6) is 11.6 Å². The Hall–Kier alpha value is -3.53. The average Bonchev–Trinajstić information content (AvgIpc) is 3.32. The molecule has 10 nitrogen and oxygen atoms in total. The fraction of sp³-hybridized carbons (Fsp3) is 0.278. The van der Waals surface area contributed by atoms with Crippen LogP contribution in [0.25, 0.3) is 17.2 Å². The Bertz CT molecular complexity index is 1090. The van der Waals surface area contributed by atoms with Gasteiger partial charge >= 0.3 is 0 Å². The number of nitrogens with zero attached hydrogens (tertiary/aromatic N) is 6. The molecule has 0 spiro atoms. The first-order chi connectivity index (χ1) is 13.7. The van der Waals surface area contributed by atoms with Crippen molar-refractivity contribution in [1.82, 2.24) is 30.0 Å². The molecule has 0 radical (unpaired) electrons. The molecule has 4 aromatic rings. The third-order valence-corrected chi connectivity index (χ3v) is 3.96. The van der Waals surface area contributed by atoms with E-state index in [-0.39, 0.29) is 6.61 Å². The molecule has 0 saturated carbocycles. The largest absolute Gasteiger partial charge is 0.491 e. The van der Waals surface area contributed by atoms with Crippen molar-refractivity contribution in [1.29, 1.82) is 0 Å². The number of ether oxygens (including phenoxy) is 3. The zero-order chi connectivity index (χ0) is 19.5. The van der Waals surface area contributed by atoms with Crippen molar-refractivity contribution in [2.75, 3.05) is 14.2 Å². The van der Waals surface area contributed by atoms with Crippen LogP contribution in [0.2, 0.25) is 0 Å². The first-order valence-corrected chi connectivity index (χ1v) is 8.47. The number of aryl methyl sites for hydroxylation is 1. The fourth-order valence-corrected chi connectivity index (χ4v) is 2.61. The second-order valence-electron chi connectivity index (χ2n) is 6.01. The van der Waals surface area contributed by atoms with Crippen molar-refractivity contribution >= 4 is 5.65 Å². The monoisotopic (exact) mass is 382 g/mol. The summed E-state index contributed by atoms with van der Waals surface area (Å²) >= 11 is 0. The number of hydrogen-bond donors (Lipinski definition) is 0. The Morgan fingerprint density at radius 1 is 1.11 bits per heavy atom. The van der Waals surface area contributed by atoms with Crippen LogP contribution < -0.4 is 9.47 Å². The molecule has 0 aromatic carbocycles. The Morgan fingerprint density at radius 3 is 2.68 bits per heavy atom. The van der Waals surface area contributed by atoms with E-state index in [0.29, 0.717) is 41.2 Å². The summed E-state index contributed by atoms with van der Waals surface area (Å²) in [4.78, 5) is 4.36. The maximum atomic E-state index is 5.84. The van der Waals surface area contributed by atoms with Gasteiger partial charge in [-0.25, -0.2) is 0 Å². The Labute approximate surface area is 160 Å². The van der Waals surface area contributed by atoms with E-state index in [2.05, 4.69) is 25.4 Å². The van der Waals surface area contributed by atoms with Crippen LogP contribution in [-0.2, 0) is 18.0 Å². The summed E-state index contributed by atoms with van der Waals surface area (Å²) in [6, 6.07) is 7.27. The minimum atomic E-state index is 0.225. The van der Waals surface area contributed by atoms with Crippen LogP contribution in [0.3, 0.4) is 0 Å². The Kier molecular flexibility index (Phi) is 4.85. The van der Waals surface area contributed by atoms with Gasteiger partial charge in [0.2, 0.25) is 5.82 Å². The standard InChI is InChI=1S/C18H18N6O4/c1-11-6-14(23-28-11)17-21-20-16-7-15(26-3)18(22-24(16)17)27-10-13-5-4-12(8-19-13)9-25-2/h4-8H,9-10H2,1-3H3. The summed E-state index contributed by atoms with van der Waals surface area (Å²) in [6.07, 6.45) is 1.75. The number of rotatable bonds is 7. The van der Waals surface area contributed by atoms with Gasteiger partial charge in [-0.2, -0.15) is 4.52 Å². The number of pyridine rings is 1. The molecule has 10 heteroatoms. The minimum Gasteiger partial charge on any atom is -0.491 e. The molecule has 0 saturated heterocycles. The van der Waals surface area contributed by atoms with Gasteiger partial charge in [0, 0.05) is 25.4 Å². The van der Waals surface area contributed by atoms with Crippen LogP contribution in [0, 0.1) is 6.92 Å². The van der Waals surface area contributed by atoms with Gasteiger partial charge in [-0.3, -0.25) is 4.98 Å². The van der Waals surface area contributed by atoms with E-state index in [1.54, 1.807) is 32.4 Å². The third kappa shape index (κ3) is 3.49. The molecule has 0 atom stereocenters. The molecule has 4 rings (SSSR count). The maximum Gasteiger partial charge on any atom is 0.275 e. The second-order valence-corrected chi connectivity index (χ2v) is 6.01. The van der Waals surface area contributed by atoms with E-state index in [4.69, 9.17) is 18.7 Å². The zero-order valence-electron chi connectivity index (χ0n) is 15.6. The van der Waals surface area contributed by atoms with E-state index in [1.165, 1.54) is 11.6 Å². The third-order valence-electron chi connectivity index (χ3n) is 3.96. The zero-order valence-corrected chi connectivity index (χ0v) is 15.6. The predicted molar refractivity (Wildman–Crippen MR) is 96.9 cm³/mol. The van der Waals surface area contributed by atoms with Crippen molar-refractivity contribution in [3.05, 3.63) is 47.5 Å². The molecule has 0 fully saturated rings. The molecule has 0 N–H and O–H groups in total. The quantitative estimate of drug-likeness (QED) is 0.475. The van der Waals surface area contributed by atoms with Crippen molar-refractivity contribution in [2.24, 2.45) is 0 Å². The van der Waals surface area contributed by atoms with E-state index in [0.717, 1.165) is 11.3 Å². The molecule has 0 aliphatic heterocycles. The van der Waals surface area contributed by atoms with Gasteiger partial charge in [0.05, 0.1) is 19.4 Å². The highest BCUT2D eigenvalue weighted by Gasteiger charge is 2.17. The normalized spacial score (nSPS) is 11.1. The van der Waals surface area contributed by atoms with Crippen LogP contribution in [-0.4, -0.2) is 44.2 Å². The molecule has 0 unspecified atom stereocenters. The van der Waals surface area contributed by atoms with Crippen LogP contribution >= 0.6 is 0 Å². The average molecular weight is 382 g/mol. The van der Waals surface area contributed by atoms with Crippen LogP contribution in [0.15, 0.2) is 35.0 Å². The van der Waals surface area contributed by atoms with Gasteiger partial charge in [-0.05, 0) is 18.6 Å². The minimum absolute atomic E-state index is 0.225. The molecule has 0 bridgehead atoms. The maximum absolute atomic E-state index is 5.84. The summed E-state index contributed by atoms with van der Waals surface area (Å²) in [5.74, 6) is 1.85. The molecule has 144 valence electrons. The highest BCUT2D eigenvalue weighted by atomic mass is 16.5. The number of aromatic nitrogens is 6. The van der Waals surface area contributed by atoms with Gasteiger partial charge < -0.3 is 18.7 Å². The smallest absolute Gasteiger partial charge is 0.275 e. The van der Waals surface area contributed by atoms with Crippen LogP contribution in [0.1, 0.15) is 17.0 Å².